The molecule has 0 radical (unpaired) electrons. The summed E-state index contributed by atoms with van der Waals surface area (Å²) in [7, 11) is 0. The lowest BCUT2D eigenvalue weighted by molar-refractivity contribution is 1.37. The standard InChI is InChI=1S/C59H35N3/c1-2-14-36(15-3-1)50-34-32-39-30-31-40-33-35-52(62-59(40)58(39)60-50)54-47-22-10-8-20-45(47)53(46-21-9-11-23-48(46)54)37-26-28-38(29-27-37)57-56-44-19-7-5-17-42(44)41-16-4-6-18-43(41)55(56)49-24-12-13-25-51(49)61-57/h1-35H. The molecule has 0 amide bonds. The number of aromatic nitrogens is 3. The third kappa shape index (κ3) is 5.22. The molecule has 0 spiro atoms. The maximum atomic E-state index is 5.47. The average molecular weight is 786 g/mol. The second kappa shape index (κ2) is 13.6. The van der Waals surface area contributed by atoms with E-state index in [9.17, 15) is 0 Å². The molecule has 3 heteroatoms. The molecule has 286 valence electrons. The van der Waals surface area contributed by atoms with Gasteiger partial charge in [0, 0.05) is 43.6 Å². The van der Waals surface area contributed by atoms with Gasteiger partial charge >= 0.3 is 0 Å². The van der Waals surface area contributed by atoms with Crippen LogP contribution in [0.5, 0.6) is 0 Å². The molecule has 3 nitrogen and oxygen atoms in total. The molecule has 0 unspecified atom stereocenters. The maximum absolute atomic E-state index is 5.47. The summed E-state index contributed by atoms with van der Waals surface area (Å²) in [6.45, 7) is 0. The average Bonchev–Trinajstić information content (AvgIpc) is 3.35. The van der Waals surface area contributed by atoms with Crippen molar-refractivity contribution in [3.63, 3.8) is 0 Å². The number of rotatable bonds is 4. The van der Waals surface area contributed by atoms with Gasteiger partial charge in [0.25, 0.3) is 0 Å². The summed E-state index contributed by atoms with van der Waals surface area (Å²) in [5.41, 5.74) is 11.3. The summed E-state index contributed by atoms with van der Waals surface area (Å²) in [4.78, 5) is 16.1. The van der Waals surface area contributed by atoms with Crippen molar-refractivity contribution in [1.29, 1.82) is 0 Å². The molecule has 0 aliphatic heterocycles. The van der Waals surface area contributed by atoms with Crippen LogP contribution in [0.1, 0.15) is 0 Å². The Kier molecular flexibility index (Phi) is 7.60. The number of nitrogens with zero attached hydrogens (tertiary/aromatic N) is 3. The minimum absolute atomic E-state index is 0.904. The van der Waals surface area contributed by atoms with Gasteiger partial charge in [0.05, 0.1) is 33.6 Å². The Hall–Kier alpha value is -8.27. The van der Waals surface area contributed by atoms with Crippen LogP contribution in [0.4, 0.5) is 0 Å². The largest absolute Gasteiger partial charge is 0.247 e. The molecular formula is C59H35N3. The van der Waals surface area contributed by atoms with Crippen LogP contribution in [0, 0.1) is 0 Å². The maximum Gasteiger partial charge on any atom is 0.0972 e. The van der Waals surface area contributed by atoms with E-state index in [0.29, 0.717) is 0 Å². The molecule has 62 heavy (non-hydrogen) atoms. The van der Waals surface area contributed by atoms with Gasteiger partial charge in [-0.15, -0.1) is 0 Å². The van der Waals surface area contributed by atoms with Crippen LogP contribution in [-0.4, -0.2) is 15.0 Å². The number of para-hydroxylation sites is 1. The van der Waals surface area contributed by atoms with Gasteiger partial charge in [0.1, 0.15) is 0 Å². The molecule has 13 rings (SSSR count). The zero-order chi connectivity index (χ0) is 40.7. The van der Waals surface area contributed by atoms with E-state index in [1.807, 2.05) is 6.07 Å². The van der Waals surface area contributed by atoms with Crippen molar-refractivity contribution in [2.24, 2.45) is 0 Å². The molecule has 13 aromatic rings. The molecule has 0 aliphatic carbocycles. The number of hydrogen-bond donors (Lipinski definition) is 0. The Morgan fingerprint density at radius 1 is 0.242 bits per heavy atom. The van der Waals surface area contributed by atoms with E-state index in [4.69, 9.17) is 15.0 Å². The number of benzene rings is 10. The van der Waals surface area contributed by atoms with Gasteiger partial charge in [-0.3, -0.25) is 0 Å². The minimum atomic E-state index is 0.904. The van der Waals surface area contributed by atoms with Gasteiger partial charge in [-0.2, -0.15) is 0 Å². The van der Waals surface area contributed by atoms with Crippen LogP contribution in [-0.2, 0) is 0 Å². The van der Waals surface area contributed by atoms with Gasteiger partial charge in [0.15, 0.2) is 0 Å². The highest BCUT2D eigenvalue weighted by Gasteiger charge is 2.20. The molecule has 3 aromatic heterocycles. The molecule has 0 bridgehead atoms. The number of fused-ring (bicyclic) bond motifs is 13. The first-order valence-electron chi connectivity index (χ1n) is 21.2. The van der Waals surface area contributed by atoms with Crippen LogP contribution in [0.15, 0.2) is 212 Å². The molecule has 0 atom stereocenters. The van der Waals surface area contributed by atoms with Crippen molar-refractivity contribution >= 4 is 86.6 Å². The Labute approximate surface area is 357 Å². The van der Waals surface area contributed by atoms with E-state index >= 15 is 0 Å². The van der Waals surface area contributed by atoms with Crippen molar-refractivity contribution in [2.45, 2.75) is 0 Å². The highest BCUT2D eigenvalue weighted by molar-refractivity contribution is 6.33. The first-order chi connectivity index (χ1) is 30.8. The van der Waals surface area contributed by atoms with E-state index < -0.39 is 0 Å². The van der Waals surface area contributed by atoms with E-state index in [-0.39, 0.29) is 0 Å². The lowest BCUT2D eigenvalue weighted by atomic mass is 9.86. The molecule has 0 fully saturated rings. The smallest absolute Gasteiger partial charge is 0.0972 e. The fourth-order valence-corrected chi connectivity index (χ4v) is 10.0. The van der Waals surface area contributed by atoms with Crippen LogP contribution in [0.3, 0.4) is 0 Å². The van der Waals surface area contributed by atoms with E-state index in [1.54, 1.807) is 0 Å². The Morgan fingerprint density at radius 3 is 1.29 bits per heavy atom. The monoisotopic (exact) mass is 785 g/mol. The van der Waals surface area contributed by atoms with Crippen molar-refractivity contribution in [3.8, 4) is 44.9 Å². The normalized spacial score (nSPS) is 11.9. The van der Waals surface area contributed by atoms with Crippen molar-refractivity contribution in [1.82, 2.24) is 15.0 Å². The van der Waals surface area contributed by atoms with Gasteiger partial charge in [0.2, 0.25) is 0 Å². The number of pyridine rings is 3. The molecule has 0 aliphatic rings. The predicted molar refractivity (Wildman–Crippen MR) is 262 cm³/mol. The fourth-order valence-electron chi connectivity index (χ4n) is 10.0. The second-order valence-corrected chi connectivity index (χ2v) is 16.2. The van der Waals surface area contributed by atoms with Crippen LogP contribution in [0.2, 0.25) is 0 Å². The predicted octanol–water partition coefficient (Wildman–Crippen LogP) is 15.8. The number of hydrogen-bond acceptors (Lipinski definition) is 3. The molecule has 0 N–H and O–H groups in total. The fraction of sp³-hybridized carbons (Fsp3) is 0. The lowest BCUT2D eigenvalue weighted by Gasteiger charge is -2.18. The zero-order valence-corrected chi connectivity index (χ0v) is 33.5. The first-order valence-corrected chi connectivity index (χ1v) is 21.2. The highest BCUT2D eigenvalue weighted by Crippen LogP contribution is 2.46. The van der Waals surface area contributed by atoms with Crippen LogP contribution in [0.25, 0.3) is 131 Å². The molecule has 0 saturated carbocycles. The second-order valence-electron chi connectivity index (χ2n) is 16.2. The first kappa shape index (κ1) is 34.6. The van der Waals surface area contributed by atoms with Crippen molar-refractivity contribution in [3.05, 3.63) is 212 Å². The topological polar surface area (TPSA) is 38.7 Å². The molecule has 10 aromatic carbocycles. The zero-order valence-electron chi connectivity index (χ0n) is 33.5. The van der Waals surface area contributed by atoms with E-state index in [2.05, 4.69) is 206 Å². The Bertz CT molecular complexity index is 3910. The minimum Gasteiger partial charge on any atom is -0.247 e. The third-order valence-corrected chi connectivity index (χ3v) is 12.8. The quantitative estimate of drug-likeness (QED) is 0.132. The summed E-state index contributed by atoms with van der Waals surface area (Å²) in [5.74, 6) is 0. The Morgan fingerprint density at radius 2 is 0.677 bits per heavy atom. The summed E-state index contributed by atoms with van der Waals surface area (Å²) in [6.07, 6.45) is 0. The van der Waals surface area contributed by atoms with E-state index in [1.165, 1.54) is 54.0 Å². The summed E-state index contributed by atoms with van der Waals surface area (Å²) in [5, 5.41) is 15.4. The van der Waals surface area contributed by atoms with Crippen LogP contribution < -0.4 is 0 Å². The summed E-state index contributed by atoms with van der Waals surface area (Å²) >= 11 is 0. The summed E-state index contributed by atoms with van der Waals surface area (Å²) in [6, 6.07) is 76.1. The van der Waals surface area contributed by atoms with Crippen molar-refractivity contribution in [2.75, 3.05) is 0 Å². The van der Waals surface area contributed by atoms with Crippen molar-refractivity contribution < 1.29 is 0 Å². The SMILES string of the molecule is c1ccc(-c2ccc3ccc4ccc(-c5c6ccccc6c(-c6ccc(-c7nc8ccccc8c8c9ccccc9c9ccccc9c78)cc6)c6ccccc56)nc4c3n2)cc1. The third-order valence-electron chi connectivity index (χ3n) is 12.8. The summed E-state index contributed by atoms with van der Waals surface area (Å²) < 4.78 is 0. The lowest BCUT2D eigenvalue weighted by Crippen LogP contribution is -1.95. The van der Waals surface area contributed by atoms with Gasteiger partial charge in [-0.25, -0.2) is 15.0 Å². The Balaban J connectivity index is 1.01. The highest BCUT2D eigenvalue weighted by atomic mass is 14.8. The molecule has 0 saturated heterocycles. The van der Waals surface area contributed by atoms with Gasteiger partial charge in [-0.05, 0) is 72.4 Å². The van der Waals surface area contributed by atoms with Gasteiger partial charge in [-0.1, -0.05) is 194 Å². The van der Waals surface area contributed by atoms with Crippen LogP contribution >= 0.6 is 0 Å². The van der Waals surface area contributed by atoms with E-state index in [0.717, 1.165) is 77.4 Å². The molecular weight excluding hydrogens is 751 g/mol. The molecule has 3 heterocycles. The van der Waals surface area contributed by atoms with Gasteiger partial charge < -0.3 is 0 Å².